The van der Waals surface area contributed by atoms with Gasteiger partial charge in [-0.2, -0.15) is 0 Å². The molecule has 1 aliphatic rings. The fourth-order valence-electron chi connectivity index (χ4n) is 1.69. The molecule has 0 fully saturated rings. The van der Waals surface area contributed by atoms with E-state index in [9.17, 15) is 0 Å². The summed E-state index contributed by atoms with van der Waals surface area (Å²) in [5, 5.41) is 3.13. The van der Waals surface area contributed by atoms with E-state index in [1.165, 1.54) is 0 Å². The molecule has 0 saturated heterocycles. The number of benzene rings is 1. The maximum Gasteiger partial charge on any atom is 0.231 e. The molecule has 0 bridgehead atoms. The third-order valence-corrected chi connectivity index (χ3v) is 2.48. The minimum Gasteiger partial charge on any atom is -0.454 e. The predicted molar refractivity (Wildman–Crippen MR) is 61.9 cm³/mol. The molecule has 1 N–H and O–H groups in total. The van der Waals surface area contributed by atoms with E-state index in [2.05, 4.69) is 15.3 Å². The van der Waals surface area contributed by atoms with Crippen LogP contribution in [0.3, 0.4) is 0 Å². The topological polar surface area (TPSA) is 56.3 Å². The lowest BCUT2D eigenvalue weighted by Crippen LogP contribution is -2.03. The first-order valence-corrected chi connectivity index (χ1v) is 5.32. The van der Waals surface area contributed by atoms with Crippen LogP contribution in [0.5, 0.6) is 11.5 Å². The second kappa shape index (κ2) is 4.29. The molecule has 17 heavy (non-hydrogen) atoms. The number of fused-ring (bicyclic) bond motifs is 1. The Hall–Kier alpha value is -2.30. The van der Waals surface area contributed by atoms with Gasteiger partial charge in [0, 0.05) is 24.5 Å². The largest absolute Gasteiger partial charge is 0.454 e. The van der Waals surface area contributed by atoms with Crippen molar-refractivity contribution in [3.63, 3.8) is 0 Å². The third kappa shape index (κ3) is 1.99. The summed E-state index contributed by atoms with van der Waals surface area (Å²) in [5.41, 5.74) is 1.03. The maximum absolute atomic E-state index is 5.41. The highest BCUT2D eigenvalue weighted by Gasteiger charge is 2.16. The molecule has 0 radical (unpaired) electrons. The van der Waals surface area contributed by atoms with Gasteiger partial charge < -0.3 is 14.8 Å². The van der Waals surface area contributed by atoms with E-state index in [0.717, 1.165) is 17.1 Å². The van der Waals surface area contributed by atoms with Crippen LogP contribution in [-0.4, -0.2) is 16.8 Å². The van der Waals surface area contributed by atoms with Gasteiger partial charge in [0.25, 0.3) is 0 Å². The van der Waals surface area contributed by atoms with E-state index in [1.54, 1.807) is 18.5 Å². The molecule has 1 aromatic carbocycles. The van der Waals surface area contributed by atoms with Gasteiger partial charge in [0.1, 0.15) is 0 Å². The van der Waals surface area contributed by atoms with E-state index < -0.39 is 0 Å². The quantitative estimate of drug-likeness (QED) is 0.870. The average Bonchev–Trinajstić information content (AvgIpc) is 2.86. The summed E-state index contributed by atoms with van der Waals surface area (Å²) in [4.78, 5) is 8.19. The van der Waals surface area contributed by atoms with Crippen molar-refractivity contribution in [3.8, 4) is 11.5 Å². The van der Waals surface area contributed by atoms with E-state index >= 15 is 0 Å². The lowest BCUT2D eigenvalue weighted by molar-refractivity contribution is 0.173. The Labute approximate surface area is 98.4 Å². The fourth-order valence-corrected chi connectivity index (χ4v) is 1.69. The van der Waals surface area contributed by atoms with Crippen molar-refractivity contribution in [1.82, 2.24) is 9.97 Å². The van der Waals surface area contributed by atoms with Crippen molar-refractivity contribution >= 4 is 5.95 Å². The van der Waals surface area contributed by atoms with Crippen LogP contribution in [0.2, 0.25) is 0 Å². The molecule has 0 spiro atoms. The smallest absolute Gasteiger partial charge is 0.231 e. The summed E-state index contributed by atoms with van der Waals surface area (Å²) in [7, 11) is 0. The second-order valence-corrected chi connectivity index (χ2v) is 3.58. The van der Waals surface area contributed by atoms with Crippen molar-refractivity contribution in [2.45, 2.75) is 6.54 Å². The zero-order chi connectivity index (χ0) is 11.5. The molecule has 86 valence electrons. The van der Waals surface area contributed by atoms with Gasteiger partial charge in [-0.25, -0.2) is 9.97 Å². The molecule has 0 amide bonds. The lowest BCUT2D eigenvalue weighted by atomic mass is 10.2. The number of ether oxygens (including phenoxy) is 2. The Morgan fingerprint density at radius 2 is 2.00 bits per heavy atom. The van der Waals surface area contributed by atoms with Crippen LogP contribution in [0.25, 0.3) is 0 Å². The molecule has 5 heteroatoms. The molecular formula is C12H11N3O2. The molecule has 0 atom stereocenters. The van der Waals surface area contributed by atoms with Gasteiger partial charge in [0.15, 0.2) is 11.5 Å². The Kier molecular flexibility index (Phi) is 2.50. The minimum absolute atomic E-state index is 0.286. The average molecular weight is 229 g/mol. The van der Waals surface area contributed by atoms with Gasteiger partial charge in [0.05, 0.1) is 0 Å². The highest BCUT2D eigenvalue weighted by molar-refractivity contribution is 5.49. The normalized spacial score (nSPS) is 12.5. The summed E-state index contributed by atoms with van der Waals surface area (Å²) in [6.45, 7) is 0.894. The predicted octanol–water partition coefficient (Wildman–Crippen LogP) is 1.82. The van der Waals surface area contributed by atoms with Crippen LogP contribution in [0.1, 0.15) is 5.56 Å². The molecule has 0 unspecified atom stereocenters. The number of nitrogens with one attached hydrogen (secondary N) is 1. The number of hydrogen-bond acceptors (Lipinski definition) is 5. The molecule has 0 aliphatic carbocycles. The van der Waals surface area contributed by atoms with Crippen LogP contribution in [0.15, 0.2) is 36.7 Å². The second-order valence-electron chi connectivity index (χ2n) is 3.58. The summed E-state index contributed by atoms with van der Waals surface area (Å²) in [6.07, 6.45) is 3.40. The van der Waals surface area contributed by atoms with Crippen molar-refractivity contribution < 1.29 is 9.47 Å². The zero-order valence-corrected chi connectivity index (χ0v) is 9.09. The van der Waals surface area contributed by atoms with E-state index in [-0.39, 0.29) is 6.79 Å². The molecule has 0 saturated carbocycles. The van der Waals surface area contributed by atoms with Gasteiger partial charge in [-0.05, 0) is 12.1 Å². The highest BCUT2D eigenvalue weighted by atomic mass is 16.7. The lowest BCUT2D eigenvalue weighted by Gasteiger charge is -2.06. The van der Waals surface area contributed by atoms with Crippen molar-refractivity contribution in [2.75, 3.05) is 12.1 Å². The fraction of sp³-hybridized carbons (Fsp3) is 0.167. The summed E-state index contributed by atoms with van der Waals surface area (Å²) >= 11 is 0. The Morgan fingerprint density at radius 3 is 2.88 bits per heavy atom. The summed E-state index contributed by atoms with van der Waals surface area (Å²) < 4.78 is 10.7. The van der Waals surface area contributed by atoms with Gasteiger partial charge in [-0.1, -0.05) is 12.1 Å². The Bertz CT molecular complexity index is 516. The number of nitrogens with zero attached hydrogens (tertiary/aromatic N) is 2. The number of rotatable bonds is 3. The van der Waals surface area contributed by atoms with Crippen LogP contribution in [-0.2, 0) is 6.54 Å². The SMILES string of the molecule is c1cnc(NCc2cccc3c2OCO3)nc1. The van der Waals surface area contributed by atoms with Crippen molar-refractivity contribution in [2.24, 2.45) is 0 Å². The third-order valence-electron chi connectivity index (χ3n) is 2.48. The monoisotopic (exact) mass is 229 g/mol. The molecule has 1 aliphatic heterocycles. The van der Waals surface area contributed by atoms with Gasteiger partial charge in [-0.3, -0.25) is 0 Å². The molecule has 2 aromatic rings. The van der Waals surface area contributed by atoms with E-state index in [4.69, 9.17) is 9.47 Å². The summed E-state index contributed by atoms with van der Waals surface area (Å²) in [5.74, 6) is 2.19. The highest BCUT2D eigenvalue weighted by Crippen LogP contribution is 2.35. The first kappa shape index (κ1) is 9.89. The van der Waals surface area contributed by atoms with Gasteiger partial charge in [0.2, 0.25) is 12.7 Å². The van der Waals surface area contributed by atoms with Crippen LogP contribution < -0.4 is 14.8 Å². The summed E-state index contributed by atoms with van der Waals surface area (Å²) in [6, 6.07) is 7.60. The molecule has 5 nitrogen and oxygen atoms in total. The zero-order valence-electron chi connectivity index (χ0n) is 9.09. The Balaban J connectivity index is 1.76. The van der Waals surface area contributed by atoms with Crippen LogP contribution >= 0.6 is 0 Å². The Morgan fingerprint density at radius 1 is 1.12 bits per heavy atom. The van der Waals surface area contributed by atoms with Gasteiger partial charge >= 0.3 is 0 Å². The van der Waals surface area contributed by atoms with E-state index in [0.29, 0.717) is 12.5 Å². The number of hydrogen-bond donors (Lipinski definition) is 1. The standard InChI is InChI=1S/C12H11N3O2/c1-3-9(11-10(4-1)16-8-17-11)7-15-12-13-5-2-6-14-12/h1-6H,7-8H2,(H,13,14,15). The maximum atomic E-state index is 5.41. The number of para-hydroxylation sites is 1. The molecule has 1 aromatic heterocycles. The number of aromatic nitrogens is 2. The molecule has 2 heterocycles. The first-order valence-electron chi connectivity index (χ1n) is 5.32. The van der Waals surface area contributed by atoms with Crippen LogP contribution in [0.4, 0.5) is 5.95 Å². The van der Waals surface area contributed by atoms with E-state index in [1.807, 2.05) is 18.2 Å². The first-order chi connectivity index (χ1) is 8.43. The molecular weight excluding hydrogens is 218 g/mol. The van der Waals surface area contributed by atoms with Crippen LogP contribution in [0, 0.1) is 0 Å². The van der Waals surface area contributed by atoms with Crippen molar-refractivity contribution in [3.05, 3.63) is 42.2 Å². The van der Waals surface area contributed by atoms with Gasteiger partial charge in [-0.15, -0.1) is 0 Å². The number of anilines is 1. The van der Waals surface area contributed by atoms with Crippen molar-refractivity contribution in [1.29, 1.82) is 0 Å². The minimum atomic E-state index is 0.286. The molecule has 3 rings (SSSR count).